The van der Waals surface area contributed by atoms with Crippen LogP contribution in [0.5, 0.6) is 0 Å². The monoisotopic (exact) mass is 255 g/mol. The molecule has 1 N–H and O–H groups in total. The molecule has 0 aromatic heterocycles. The minimum absolute atomic E-state index is 0.156. The van der Waals surface area contributed by atoms with E-state index in [1.165, 1.54) is 0 Å². The molecule has 1 heterocycles. The lowest BCUT2D eigenvalue weighted by Crippen LogP contribution is -2.44. The second kappa shape index (κ2) is 5.02. The van der Waals surface area contributed by atoms with Gasteiger partial charge in [-0.05, 0) is 30.5 Å². The van der Waals surface area contributed by atoms with Crippen molar-refractivity contribution in [1.82, 2.24) is 4.90 Å². The predicted octanol–water partition coefficient (Wildman–Crippen LogP) is 2.19. The van der Waals surface area contributed by atoms with Gasteiger partial charge in [0.2, 0.25) is 0 Å². The lowest BCUT2D eigenvalue weighted by molar-refractivity contribution is -0.143. The number of halogens is 2. The Morgan fingerprint density at radius 3 is 2.56 bits per heavy atom. The highest BCUT2D eigenvalue weighted by Crippen LogP contribution is 2.26. The van der Waals surface area contributed by atoms with Crippen LogP contribution < -0.4 is 0 Å². The largest absolute Gasteiger partial charge is 0.480 e. The third-order valence-corrected chi connectivity index (χ3v) is 3.44. The summed E-state index contributed by atoms with van der Waals surface area (Å²) in [6.07, 6.45) is 0.796. The summed E-state index contributed by atoms with van der Waals surface area (Å²) >= 11 is 0. The zero-order valence-electron chi connectivity index (χ0n) is 10.1. The van der Waals surface area contributed by atoms with E-state index in [0.717, 1.165) is 12.1 Å². The molecule has 0 spiro atoms. The third kappa shape index (κ3) is 2.22. The van der Waals surface area contributed by atoms with Crippen molar-refractivity contribution in [3.05, 3.63) is 34.9 Å². The Morgan fingerprint density at radius 2 is 2.00 bits per heavy atom. The highest BCUT2D eigenvalue weighted by molar-refractivity contribution is 5.73. The van der Waals surface area contributed by atoms with Crippen molar-refractivity contribution < 1.29 is 18.7 Å². The molecule has 1 aromatic carbocycles. The van der Waals surface area contributed by atoms with Crippen molar-refractivity contribution in [2.75, 3.05) is 6.54 Å². The van der Waals surface area contributed by atoms with Gasteiger partial charge in [-0.15, -0.1) is 0 Å². The van der Waals surface area contributed by atoms with Gasteiger partial charge in [-0.2, -0.15) is 0 Å². The summed E-state index contributed by atoms with van der Waals surface area (Å²) in [6.45, 7) is 2.37. The molecule has 2 rings (SSSR count). The summed E-state index contributed by atoms with van der Waals surface area (Å²) < 4.78 is 27.2. The zero-order valence-corrected chi connectivity index (χ0v) is 10.1. The van der Waals surface area contributed by atoms with E-state index in [1.807, 2.05) is 0 Å². The Balaban J connectivity index is 2.29. The Hall–Kier alpha value is -1.49. The maximum absolute atomic E-state index is 13.7. The van der Waals surface area contributed by atoms with Crippen molar-refractivity contribution in [3.8, 4) is 0 Å². The van der Waals surface area contributed by atoms with Crippen LogP contribution in [-0.2, 0) is 17.8 Å². The van der Waals surface area contributed by atoms with Gasteiger partial charge < -0.3 is 5.11 Å². The number of hydrogen-bond acceptors (Lipinski definition) is 2. The number of nitrogens with zero attached hydrogens (tertiary/aromatic N) is 1. The van der Waals surface area contributed by atoms with E-state index in [-0.39, 0.29) is 6.54 Å². The van der Waals surface area contributed by atoms with Crippen LogP contribution in [0.1, 0.15) is 24.5 Å². The second-order valence-electron chi connectivity index (χ2n) is 4.47. The zero-order chi connectivity index (χ0) is 13.3. The van der Waals surface area contributed by atoms with Crippen molar-refractivity contribution >= 4 is 5.97 Å². The molecule has 3 nitrogen and oxygen atoms in total. The molecule has 0 bridgehead atoms. The predicted molar refractivity (Wildman–Crippen MR) is 62.2 cm³/mol. The van der Waals surface area contributed by atoms with Gasteiger partial charge in [-0.3, -0.25) is 9.69 Å². The van der Waals surface area contributed by atoms with E-state index in [1.54, 1.807) is 11.8 Å². The van der Waals surface area contributed by atoms with Crippen LogP contribution in [-0.4, -0.2) is 28.6 Å². The maximum atomic E-state index is 13.7. The normalized spacial score (nSPS) is 17.3. The van der Waals surface area contributed by atoms with E-state index in [4.69, 9.17) is 5.11 Å². The number of fused-ring (bicyclic) bond motifs is 1. The van der Waals surface area contributed by atoms with Gasteiger partial charge in [0.25, 0.3) is 0 Å². The molecule has 98 valence electrons. The standard InChI is InChI=1S/C13H15F2NO2/c1-2-12(13(17)18)16-6-5-8-9(7-16)11(15)4-3-10(8)14/h3-4,12H,2,5-7H2,1H3,(H,17,18). The third-order valence-electron chi connectivity index (χ3n) is 3.44. The molecule has 0 fully saturated rings. The fraction of sp³-hybridized carbons (Fsp3) is 0.462. The summed E-state index contributed by atoms with van der Waals surface area (Å²) in [5.41, 5.74) is 0.674. The smallest absolute Gasteiger partial charge is 0.320 e. The van der Waals surface area contributed by atoms with Gasteiger partial charge in [-0.25, -0.2) is 8.78 Å². The van der Waals surface area contributed by atoms with Crippen molar-refractivity contribution in [3.63, 3.8) is 0 Å². The lowest BCUT2D eigenvalue weighted by Gasteiger charge is -2.33. The number of carboxylic acid groups (broad SMARTS) is 1. The molecule has 0 amide bonds. The summed E-state index contributed by atoms with van der Waals surface area (Å²) in [4.78, 5) is 12.8. The Morgan fingerprint density at radius 1 is 1.39 bits per heavy atom. The quantitative estimate of drug-likeness (QED) is 0.900. The van der Waals surface area contributed by atoms with E-state index in [0.29, 0.717) is 30.5 Å². The van der Waals surface area contributed by atoms with Gasteiger partial charge in [-0.1, -0.05) is 6.92 Å². The van der Waals surface area contributed by atoms with Crippen LogP contribution in [0.25, 0.3) is 0 Å². The molecule has 1 aromatic rings. The molecule has 18 heavy (non-hydrogen) atoms. The first kappa shape index (κ1) is 13.0. The topological polar surface area (TPSA) is 40.5 Å². The Labute approximate surface area is 104 Å². The van der Waals surface area contributed by atoms with E-state index < -0.39 is 23.6 Å². The summed E-state index contributed by atoms with van der Waals surface area (Å²) in [5, 5.41) is 9.09. The Bertz CT molecular complexity index is 476. The van der Waals surface area contributed by atoms with Crippen LogP contribution in [0.3, 0.4) is 0 Å². The minimum atomic E-state index is -0.919. The summed E-state index contributed by atoms with van der Waals surface area (Å²) in [7, 11) is 0. The summed E-state index contributed by atoms with van der Waals surface area (Å²) in [6, 6.07) is 1.58. The van der Waals surface area contributed by atoms with E-state index >= 15 is 0 Å². The van der Waals surface area contributed by atoms with E-state index in [2.05, 4.69) is 0 Å². The molecule has 1 atom stereocenters. The molecule has 1 unspecified atom stereocenters. The molecule has 0 saturated heterocycles. The second-order valence-corrected chi connectivity index (χ2v) is 4.47. The fourth-order valence-corrected chi connectivity index (χ4v) is 2.47. The molecule has 0 aliphatic carbocycles. The number of carboxylic acids is 1. The number of hydrogen-bond donors (Lipinski definition) is 1. The molecule has 1 aliphatic rings. The first-order valence-electron chi connectivity index (χ1n) is 5.97. The van der Waals surface area contributed by atoms with Gasteiger partial charge in [0.15, 0.2) is 0 Å². The molecule has 1 aliphatic heterocycles. The molecule has 0 saturated carbocycles. The van der Waals surface area contributed by atoms with E-state index in [9.17, 15) is 13.6 Å². The molecular weight excluding hydrogens is 240 g/mol. The average Bonchev–Trinajstić information content (AvgIpc) is 2.34. The fourth-order valence-electron chi connectivity index (χ4n) is 2.47. The van der Waals surface area contributed by atoms with Gasteiger partial charge in [0.05, 0.1) is 0 Å². The molecule has 5 heteroatoms. The molecule has 0 radical (unpaired) electrons. The average molecular weight is 255 g/mol. The summed E-state index contributed by atoms with van der Waals surface area (Å²) in [5.74, 6) is -1.79. The number of aliphatic carboxylic acids is 1. The van der Waals surface area contributed by atoms with Crippen LogP contribution in [0, 0.1) is 11.6 Å². The van der Waals surface area contributed by atoms with Crippen LogP contribution in [0.4, 0.5) is 8.78 Å². The lowest BCUT2D eigenvalue weighted by atomic mass is 9.97. The minimum Gasteiger partial charge on any atom is -0.480 e. The number of rotatable bonds is 3. The van der Waals surface area contributed by atoms with Crippen LogP contribution in [0.15, 0.2) is 12.1 Å². The number of carbonyl (C=O) groups is 1. The van der Waals surface area contributed by atoms with Gasteiger partial charge in [0, 0.05) is 18.7 Å². The van der Waals surface area contributed by atoms with Crippen LogP contribution in [0.2, 0.25) is 0 Å². The van der Waals surface area contributed by atoms with Crippen molar-refractivity contribution in [1.29, 1.82) is 0 Å². The van der Waals surface area contributed by atoms with Crippen LogP contribution >= 0.6 is 0 Å². The van der Waals surface area contributed by atoms with Gasteiger partial charge in [0.1, 0.15) is 17.7 Å². The highest BCUT2D eigenvalue weighted by atomic mass is 19.1. The van der Waals surface area contributed by atoms with Gasteiger partial charge >= 0.3 is 5.97 Å². The maximum Gasteiger partial charge on any atom is 0.320 e. The first-order valence-corrected chi connectivity index (χ1v) is 5.97. The highest BCUT2D eigenvalue weighted by Gasteiger charge is 2.29. The van der Waals surface area contributed by atoms with Crippen molar-refractivity contribution in [2.45, 2.75) is 32.4 Å². The Kier molecular flexibility index (Phi) is 3.61. The van der Waals surface area contributed by atoms with Crippen molar-refractivity contribution in [2.24, 2.45) is 0 Å². The number of benzene rings is 1. The first-order chi connectivity index (χ1) is 8.54. The SMILES string of the molecule is CCC(C(=O)O)N1CCc2c(F)ccc(F)c2C1. The molecular formula is C13H15F2NO2.